The molecule has 0 fully saturated rings. The Morgan fingerprint density at radius 1 is 1.44 bits per heavy atom. The van der Waals surface area contributed by atoms with Crippen molar-refractivity contribution < 1.29 is 4.74 Å². The van der Waals surface area contributed by atoms with Crippen LogP contribution in [0.25, 0.3) is 0 Å². The monoisotopic (exact) mass is 242 g/mol. The molecule has 0 atom stereocenters. The number of nitrogens with zero attached hydrogens (tertiary/aromatic N) is 1. The molecule has 1 rings (SSSR count). The van der Waals surface area contributed by atoms with Gasteiger partial charge in [-0.25, -0.2) is 4.98 Å². The number of ether oxygens (including phenoxy) is 1. The van der Waals surface area contributed by atoms with Crippen LogP contribution in [0.3, 0.4) is 0 Å². The third kappa shape index (κ3) is 4.81. The Hall–Kier alpha value is -0.800. The summed E-state index contributed by atoms with van der Waals surface area (Å²) in [6.45, 7) is 6.05. The fraction of sp³-hybridized carbons (Fsp3) is 0.583. The van der Waals surface area contributed by atoms with Crippen molar-refractivity contribution in [2.45, 2.75) is 20.3 Å². The van der Waals surface area contributed by atoms with Gasteiger partial charge in [0.1, 0.15) is 5.82 Å². The second-order valence-corrected chi connectivity index (χ2v) is 5.06. The third-order valence-corrected chi connectivity index (χ3v) is 2.68. The highest BCUT2D eigenvalue weighted by Gasteiger charge is 2.17. The van der Waals surface area contributed by atoms with Crippen LogP contribution in [-0.2, 0) is 4.74 Å². The van der Waals surface area contributed by atoms with Crippen LogP contribution in [0.5, 0.6) is 0 Å². The molecule has 0 amide bonds. The molecule has 3 nitrogen and oxygen atoms in total. The van der Waals surface area contributed by atoms with Gasteiger partial charge in [-0.2, -0.15) is 0 Å². The van der Waals surface area contributed by atoms with Crippen LogP contribution in [0, 0.1) is 5.41 Å². The fourth-order valence-corrected chi connectivity index (χ4v) is 1.39. The number of methoxy groups -OCH3 is 1. The number of pyridine rings is 1. The molecule has 4 heteroatoms. The zero-order valence-electron chi connectivity index (χ0n) is 10.1. The summed E-state index contributed by atoms with van der Waals surface area (Å²) in [6.07, 6.45) is 2.66. The van der Waals surface area contributed by atoms with Crippen molar-refractivity contribution in [3.63, 3.8) is 0 Å². The Morgan fingerprint density at radius 3 is 2.75 bits per heavy atom. The molecule has 0 aromatic carbocycles. The SMILES string of the molecule is COCCC(C)(C)CNc1ccc(Cl)cn1. The van der Waals surface area contributed by atoms with Crippen LogP contribution < -0.4 is 5.32 Å². The van der Waals surface area contributed by atoms with Gasteiger partial charge in [0.15, 0.2) is 0 Å². The van der Waals surface area contributed by atoms with Gasteiger partial charge in [0.25, 0.3) is 0 Å². The minimum absolute atomic E-state index is 0.192. The number of halogens is 1. The molecule has 1 heterocycles. The largest absolute Gasteiger partial charge is 0.385 e. The average Bonchev–Trinajstić information content (AvgIpc) is 2.26. The van der Waals surface area contributed by atoms with Crippen molar-refractivity contribution in [2.75, 3.05) is 25.6 Å². The van der Waals surface area contributed by atoms with E-state index in [9.17, 15) is 0 Å². The summed E-state index contributed by atoms with van der Waals surface area (Å²) in [6, 6.07) is 3.72. The second kappa shape index (κ2) is 6.06. The maximum absolute atomic E-state index is 5.76. The molecule has 0 saturated carbocycles. The van der Waals surface area contributed by atoms with Crippen LogP contribution in [0.1, 0.15) is 20.3 Å². The molecule has 1 N–H and O–H groups in total. The predicted molar refractivity (Wildman–Crippen MR) is 68.0 cm³/mol. The van der Waals surface area contributed by atoms with Gasteiger partial charge in [0, 0.05) is 26.5 Å². The van der Waals surface area contributed by atoms with E-state index in [4.69, 9.17) is 16.3 Å². The molecule has 90 valence electrons. The van der Waals surface area contributed by atoms with Crippen LogP contribution in [0.2, 0.25) is 5.02 Å². The summed E-state index contributed by atoms with van der Waals surface area (Å²) >= 11 is 5.76. The molecular weight excluding hydrogens is 224 g/mol. The van der Waals surface area contributed by atoms with E-state index in [-0.39, 0.29) is 5.41 Å². The van der Waals surface area contributed by atoms with Gasteiger partial charge in [-0.3, -0.25) is 0 Å². The van der Waals surface area contributed by atoms with Crippen molar-refractivity contribution in [2.24, 2.45) is 5.41 Å². The number of nitrogens with one attached hydrogen (secondary N) is 1. The highest BCUT2D eigenvalue weighted by atomic mass is 35.5. The Morgan fingerprint density at radius 2 is 2.19 bits per heavy atom. The van der Waals surface area contributed by atoms with Gasteiger partial charge in [-0.15, -0.1) is 0 Å². The van der Waals surface area contributed by atoms with Gasteiger partial charge in [-0.1, -0.05) is 25.4 Å². The van der Waals surface area contributed by atoms with Crippen molar-refractivity contribution >= 4 is 17.4 Å². The van der Waals surface area contributed by atoms with E-state index >= 15 is 0 Å². The van der Waals surface area contributed by atoms with Gasteiger partial charge in [0.2, 0.25) is 0 Å². The number of rotatable bonds is 6. The van der Waals surface area contributed by atoms with E-state index in [1.807, 2.05) is 12.1 Å². The fourth-order valence-electron chi connectivity index (χ4n) is 1.28. The molecule has 1 aromatic rings. The summed E-state index contributed by atoms with van der Waals surface area (Å²) in [5, 5.41) is 3.95. The molecule has 1 aromatic heterocycles. The lowest BCUT2D eigenvalue weighted by molar-refractivity contribution is 0.157. The normalized spacial score (nSPS) is 11.5. The molecule has 0 aliphatic rings. The molecule has 0 saturated heterocycles. The maximum atomic E-state index is 5.76. The second-order valence-electron chi connectivity index (χ2n) is 4.62. The number of aromatic nitrogens is 1. The molecule has 0 bridgehead atoms. The van der Waals surface area contributed by atoms with Gasteiger partial charge in [-0.05, 0) is 24.0 Å². The summed E-state index contributed by atoms with van der Waals surface area (Å²) in [5.74, 6) is 0.856. The van der Waals surface area contributed by atoms with E-state index < -0.39 is 0 Å². The molecule has 0 unspecified atom stereocenters. The minimum Gasteiger partial charge on any atom is -0.385 e. The van der Waals surface area contributed by atoms with Crippen molar-refractivity contribution in [1.82, 2.24) is 4.98 Å². The van der Waals surface area contributed by atoms with Gasteiger partial charge < -0.3 is 10.1 Å². The number of hydrogen-bond donors (Lipinski definition) is 1. The Kier molecular flexibility index (Phi) is 5.03. The standard InChI is InChI=1S/C12H19ClN2O/c1-12(2,6-7-16-3)9-15-11-5-4-10(13)8-14-11/h4-5,8H,6-7,9H2,1-3H3,(H,14,15). The summed E-state index contributed by atoms with van der Waals surface area (Å²) in [5.41, 5.74) is 0.192. The zero-order valence-corrected chi connectivity index (χ0v) is 10.8. The van der Waals surface area contributed by atoms with Crippen LogP contribution in [0.4, 0.5) is 5.82 Å². The summed E-state index contributed by atoms with van der Waals surface area (Å²) in [7, 11) is 1.73. The number of anilines is 1. The third-order valence-electron chi connectivity index (χ3n) is 2.46. The first-order valence-corrected chi connectivity index (χ1v) is 5.76. The molecule has 0 spiro atoms. The lowest BCUT2D eigenvalue weighted by atomic mass is 9.90. The van der Waals surface area contributed by atoms with Crippen molar-refractivity contribution in [1.29, 1.82) is 0 Å². The highest BCUT2D eigenvalue weighted by molar-refractivity contribution is 6.30. The molecular formula is C12H19ClN2O. The van der Waals surface area contributed by atoms with Crippen molar-refractivity contribution in [3.8, 4) is 0 Å². The predicted octanol–water partition coefficient (Wildman–Crippen LogP) is 3.21. The van der Waals surface area contributed by atoms with Crippen LogP contribution >= 0.6 is 11.6 Å². The summed E-state index contributed by atoms with van der Waals surface area (Å²) < 4.78 is 5.08. The Bertz CT molecular complexity index is 311. The smallest absolute Gasteiger partial charge is 0.126 e. The lowest BCUT2D eigenvalue weighted by Crippen LogP contribution is -2.24. The van der Waals surface area contributed by atoms with Gasteiger partial charge >= 0.3 is 0 Å². The topological polar surface area (TPSA) is 34.1 Å². The minimum atomic E-state index is 0.192. The average molecular weight is 243 g/mol. The van der Waals surface area contributed by atoms with E-state index in [0.29, 0.717) is 5.02 Å². The summed E-state index contributed by atoms with van der Waals surface area (Å²) in [4.78, 5) is 4.19. The molecule has 0 aliphatic carbocycles. The Balaban J connectivity index is 2.41. The molecule has 0 aliphatic heterocycles. The van der Waals surface area contributed by atoms with Crippen LogP contribution in [0.15, 0.2) is 18.3 Å². The first kappa shape index (κ1) is 13.3. The quantitative estimate of drug-likeness (QED) is 0.832. The van der Waals surface area contributed by atoms with E-state index in [1.54, 1.807) is 13.3 Å². The van der Waals surface area contributed by atoms with Gasteiger partial charge in [0.05, 0.1) is 5.02 Å². The zero-order chi connectivity index (χ0) is 12.0. The lowest BCUT2D eigenvalue weighted by Gasteiger charge is -2.24. The molecule has 16 heavy (non-hydrogen) atoms. The van der Waals surface area contributed by atoms with Crippen LogP contribution in [-0.4, -0.2) is 25.2 Å². The maximum Gasteiger partial charge on any atom is 0.126 e. The first-order chi connectivity index (χ1) is 7.53. The van der Waals surface area contributed by atoms with E-state index in [1.165, 1.54) is 0 Å². The van der Waals surface area contributed by atoms with Crippen molar-refractivity contribution in [3.05, 3.63) is 23.4 Å². The molecule has 0 radical (unpaired) electrons. The first-order valence-electron chi connectivity index (χ1n) is 5.38. The Labute approximate surface area is 102 Å². The highest BCUT2D eigenvalue weighted by Crippen LogP contribution is 2.21. The number of hydrogen-bond acceptors (Lipinski definition) is 3. The van der Waals surface area contributed by atoms with E-state index in [2.05, 4.69) is 24.1 Å². The van der Waals surface area contributed by atoms with E-state index in [0.717, 1.165) is 25.4 Å².